The quantitative estimate of drug-likeness (QED) is 0.779. The van der Waals surface area contributed by atoms with Crippen LogP contribution >= 0.6 is 0 Å². The summed E-state index contributed by atoms with van der Waals surface area (Å²) in [4.78, 5) is 18.6. The number of amides is 1. The van der Waals surface area contributed by atoms with E-state index in [4.69, 9.17) is 0 Å². The van der Waals surface area contributed by atoms with E-state index in [2.05, 4.69) is 4.98 Å². The van der Waals surface area contributed by atoms with Crippen LogP contribution in [0.25, 0.3) is 5.65 Å². The summed E-state index contributed by atoms with van der Waals surface area (Å²) in [5.74, 6) is -0.175. The molecule has 0 aromatic carbocycles. The Hall–Kier alpha value is -1.93. The number of aromatic nitrogens is 2. The molecular weight excluding hydrogens is 316 g/mol. The van der Waals surface area contributed by atoms with Crippen LogP contribution in [0.1, 0.15) is 18.5 Å². The van der Waals surface area contributed by atoms with Crippen molar-refractivity contribution in [3.63, 3.8) is 0 Å². The van der Waals surface area contributed by atoms with Gasteiger partial charge in [-0.2, -0.15) is 4.31 Å². The second kappa shape index (κ2) is 5.93. The smallest absolute Gasteiger partial charge is 0.238 e. The van der Waals surface area contributed by atoms with E-state index in [0.29, 0.717) is 6.54 Å². The molecule has 1 amide bonds. The highest BCUT2D eigenvalue weighted by Gasteiger charge is 2.34. The molecule has 2 aromatic rings. The van der Waals surface area contributed by atoms with Gasteiger partial charge in [0.15, 0.2) is 0 Å². The average molecular weight is 336 g/mol. The van der Waals surface area contributed by atoms with E-state index >= 15 is 0 Å². The van der Waals surface area contributed by atoms with Crippen molar-refractivity contribution in [3.05, 3.63) is 36.3 Å². The van der Waals surface area contributed by atoms with Crippen molar-refractivity contribution in [2.24, 2.45) is 0 Å². The van der Waals surface area contributed by atoms with Gasteiger partial charge in [0.25, 0.3) is 0 Å². The number of likely N-dealkylation sites (N-methyl/N-ethyl adjacent to an activating group) is 1. The molecular formula is C15H20N4O3S. The van der Waals surface area contributed by atoms with Gasteiger partial charge in [-0.3, -0.25) is 4.79 Å². The Morgan fingerprint density at radius 3 is 2.78 bits per heavy atom. The number of sulfonamides is 1. The first-order chi connectivity index (χ1) is 10.9. The van der Waals surface area contributed by atoms with Crippen LogP contribution in [0.15, 0.2) is 30.6 Å². The highest BCUT2D eigenvalue weighted by Crippen LogP contribution is 2.28. The number of fused-ring (bicyclic) bond motifs is 1. The van der Waals surface area contributed by atoms with Crippen molar-refractivity contribution in [2.75, 3.05) is 19.8 Å². The van der Waals surface area contributed by atoms with Crippen LogP contribution < -0.4 is 0 Å². The van der Waals surface area contributed by atoms with E-state index in [1.54, 1.807) is 11.1 Å². The van der Waals surface area contributed by atoms with Crippen molar-refractivity contribution < 1.29 is 13.2 Å². The van der Waals surface area contributed by atoms with Gasteiger partial charge in [-0.05, 0) is 25.0 Å². The molecule has 0 N–H and O–H groups in total. The van der Waals surface area contributed by atoms with Gasteiger partial charge in [0, 0.05) is 19.3 Å². The predicted molar refractivity (Wildman–Crippen MR) is 86.2 cm³/mol. The molecule has 0 aliphatic heterocycles. The third-order valence-electron chi connectivity index (χ3n) is 4.06. The maximum absolute atomic E-state index is 12.5. The lowest BCUT2D eigenvalue weighted by Crippen LogP contribution is -2.41. The molecule has 23 heavy (non-hydrogen) atoms. The Bertz CT molecular complexity index is 826. The lowest BCUT2D eigenvalue weighted by molar-refractivity contribution is -0.132. The Kier molecular flexibility index (Phi) is 4.11. The summed E-state index contributed by atoms with van der Waals surface area (Å²) in [6.07, 6.45) is 6.70. The number of imidazole rings is 1. The van der Waals surface area contributed by atoms with E-state index in [1.165, 1.54) is 7.05 Å². The molecule has 0 bridgehead atoms. The fraction of sp³-hybridized carbons (Fsp3) is 0.467. The van der Waals surface area contributed by atoms with Gasteiger partial charge in [-0.15, -0.1) is 0 Å². The normalized spacial score (nSPS) is 15.3. The van der Waals surface area contributed by atoms with Crippen LogP contribution in [-0.4, -0.2) is 58.8 Å². The van der Waals surface area contributed by atoms with Crippen LogP contribution in [0.3, 0.4) is 0 Å². The first kappa shape index (κ1) is 15.9. The Morgan fingerprint density at radius 1 is 1.39 bits per heavy atom. The fourth-order valence-corrected chi connectivity index (χ4v) is 2.83. The van der Waals surface area contributed by atoms with Crippen LogP contribution in [-0.2, 0) is 21.4 Å². The molecule has 1 saturated carbocycles. The summed E-state index contributed by atoms with van der Waals surface area (Å²) in [6.45, 7) is 0.304. The molecule has 1 aliphatic carbocycles. The van der Waals surface area contributed by atoms with E-state index in [-0.39, 0.29) is 18.5 Å². The lowest BCUT2D eigenvalue weighted by Gasteiger charge is -2.24. The molecule has 8 heteroatoms. The van der Waals surface area contributed by atoms with Crippen molar-refractivity contribution >= 4 is 21.6 Å². The van der Waals surface area contributed by atoms with Crippen LogP contribution in [0.5, 0.6) is 0 Å². The minimum absolute atomic E-state index is 0.133. The van der Waals surface area contributed by atoms with Crippen LogP contribution in [0, 0.1) is 0 Å². The fourth-order valence-electron chi connectivity index (χ4n) is 2.48. The van der Waals surface area contributed by atoms with Gasteiger partial charge in [-0.25, -0.2) is 13.4 Å². The SMILES string of the molecule is CN(CC(=O)N(Cc1cnc2ccccn12)C1CC1)S(C)(=O)=O. The van der Waals surface area contributed by atoms with Gasteiger partial charge < -0.3 is 9.30 Å². The van der Waals surface area contributed by atoms with Crippen molar-refractivity contribution in [3.8, 4) is 0 Å². The topological polar surface area (TPSA) is 75.0 Å². The molecule has 1 aliphatic rings. The number of carbonyl (C=O) groups excluding carboxylic acids is 1. The van der Waals surface area contributed by atoms with E-state index in [1.807, 2.05) is 28.8 Å². The minimum Gasteiger partial charge on any atom is -0.333 e. The summed E-state index contributed by atoms with van der Waals surface area (Å²) in [7, 11) is -1.94. The summed E-state index contributed by atoms with van der Waals surface area (Å²) in [6, 6.07) is 5.94. The third-order valence-corrected chi connectivity index (χ3v) is 5.32. The van der Waals surface area contributed by atoms with Crippen molar-refractivity contribution in [1.29, 1.82) is 0 Å². The van der Waals surface area contributed by atoms with Crippen LogP contribution in [0.2, 0.25) is 0 Å². The van der Waals surface area contributed by atoms with Crippen molar-refractivity contribution in [1.82, 2.24) is 18.6 Å². The predicted octanol–water partition coefficient (Wildman–Crippen LogP) is 0.717. The molecule has 1 fully saturated rings. The maximum atomic E-state index is 12.5. The number of hydrogen-bond acceptors (Lipinski definition) is 4. The molecule has 0 spiro atoms. The first-order valence-corrected chi connectivity index (χ1v) is 9.33. The zero-order chi connectivity index (χ0) is 16.6. The van der Waals surface area contributed by atoms with Crippen LogP contribution in [0.4, 0.5) is 0 Å². The molecule has 3 rings (SSSR count). The summed E-state index contributed by atoms with van der Waals surface area (Å²) < 4.78 is 26.0. The molecule has 7 nitrogen and oxygen atoms in total. The van der Waals surface area contributed by atoms with Gasteiger partial charge >= 0.3 is 0 Å². The zero-order valence-corrected chi connectivity index (χ0v) is 14.0. The number of nitrogens with zero attached hydrogens (tertiary/aromatic N) is 4. The van der Waals surface area contributed by atoms with Crippen molar-refractivity contribution in [2.45, 2.75) is 25.4 Å². The lowest BCUT2D eigenvalue weighted by atomic mass is 10.3. The van der Waals surface area contributed by atoms with E-state index in [9.17, 15) is 13.2 Å². The summed E-state index contributed by atoms with van der Waals surface area (Å²) >= 11 is 0. The van der Waals surface area contributed by atoms with Gasteiger partial charge in [0.2, 0.25) is 15.9 Å². The zero-order valence-electron chi connectivity index (χ0n) is 13.2. The Balaban J connectivity index is 1.78. The Morgan fingerprint density at radius 2 is 2.13 bits per heavy atom. The highest BCUT2D eigenvalue weighted by molar-refractivity contribution is 7.88. The number of rotatable bonds is 6. The second-order valence-electron chi connectivity index (χ2n) is 5.95. The minimum atomic E-state index is -3.37. The highest BCUT2D eigenvalue weighted by atomic mass is 32.2. The standard InChI is InChI=1S/C15H20N4O3S/c1-17(23(2,21)22)11-15(20)19(12-6-7-12)10-13-9-16-14-5-3-4-8-18(13)14/h3-5,8-9,12H,6-7,10-11H2,1-2H3. The average Bonchev–Trinajstić information content (AvgIpc) is 3.24. The molecule has 0 unspecified atom stereocenters. The first-order valence-electron chi connectivity index (χ1n) is 7.48. The number of pyridine rings is 1. The van der Waals surface area contributed by atoms with Gasteiger partial charge in [0.1, 0.15) is 5.65 Å². The maximum Gasteiger partial charge on any atom is 0.238 e. The molecule has 2 aromatic heterocycles. The largest absolute Gasteiger partial charge is 0.333 e. The summed E-state index contributed by atoms with van der Waals surface area (Å²) in [5.41, 5.74) is 1.75. The molecule has 124 valence electrons. The molecule has 2 heterocycles. The van der Waals surface area contributed by atoms with E-state index < -0.39 is 10.0 Å². The van der Waals surface area contributed by atoms with Gasteiger partial charge in [-0.1, -0.05) is 6.07 Å². The second-order valence-corrected chi connectivity index (χ2v) is 8.04. The van der Waals surface area contributed by atoms with Gasteiger partial charge in [0.05, 0.1) is 31.2 Å². The molecule has 0 saturated heterocycles. The monoisotopic (exact) mass is 336 g/mol. The van der Waals surface area contributed by atoms with E-state index in [0.717, 1.165) is 34.7 Å². The Labute approximate surface area is 135 Å². The number of carbonyl (C=O) groups is 1. The molecule has 0 radical (unpaired) electrons. The molecule has 0 atom stereocenters. The summed E-state index contributed by atoms with van der Waals surface area (Å²) in [5, 5.41) is 0. The number of hydrogen-bond donors (Lipinski definition) is 0. The third kappa shape index (κ3) is 3.53.